The van der Waals surface area contributed by atoms with Gasteiger partial charge in [-0.05, 0) is 44.2 Å². The lowest BCUT2D eigenvalue weighted by atomic mass is 10.1. The standard InChI is InChI=1S/C20H24ClN2O5P/c1-3-27-29(26,28-4-2)13-12-19(24)23-18-14-15(21)10-11-17(18)20(25)22-16-8-6-5-7-9-16/h5-11,14H,3-4,12-13H2,1-2H3,(H,22,25)(H,23,24). The van der Waals surface area contributed by atoms with E-state index in [1.54, 1.807) is 44.2 Å². The zero-order valence-electron chi connectivity index (χ0n) is 16.3. The van der Waals surface area contributed by atoms with E-state index in [4.69, 9.17) is 20.6 Å². The van der Waals surface area contributed by atoms with Gasteiger partial charge in [0.2, 0.25) is 5.91 Å². The van der Waals surface area contributed by atoms with Gasteiger partial charge in [0.15, 0.2) is 0 Å². The second-order valence-electron chi connectivity index (χ2n) is 5.98. The number of anilines is 2. The maximum absolute atomic E-state index is 12.6. The zero-order chi connectivity index (χ0) is 21.3. The van der Waals surface area contributed by atoms with Crippen LogP contribution < -0.4 is 10.6 Å². The molecule has 156 valence electrons. The molecule has 0 radical (unpaired) electrons. The van der Waals surface area contributed by atoms with Crippen LogP contribution in [0.3, 0.4) is 0 Å². The summed E-state index contributed by atoms with van der Waals surface area (Å²) in [6.07, 6.45) is -0.157. The molecule has 0 aliphatic rings. The van der Waals surface area contributed by atoms with E-state index in [0.29, 0.717) is 10.7 Å². The SMILES string of the molecule is CCOP(=O)(CCC(=O)Nc1cc(Cl)ccc1C(=O)Nc1ccccc1)OCC. The van der Waals surface area contributed by atoms with Crippen molar-refractivity contribution in [1.29, 1.82) is 0 Å². The molecule has 29 heavy (non-hydrogen) atoms. The molecule has 2 N–H and O–H groups in total. The molecule has 2 aromatic rings. The molecule has 0 saturated carbocycles. The van der Waals surface area contributed by atoms with Crippen molar-refractivity contribution in [3.63, 3.8) is 0 Å². The Morgan fingerprint density at radius 3 is 2.28 bits per heavy atom. The average molecular weight is 439 g/mol. The average Bonchev–Trinajstić information content (AvgIpc) is 2.68. The Morgan fingerprint density at radius 2 is 1.66 bits per heavy atom. The van der Waals surface area contributed by atoms with E-state index in [1.807, 2.05) is 6.07 Å². The van der Waals surface area contributed by atoms with Gasteiger partial charge < -0.3 is 19.7 Å². The van der Waals surface area contributed by atoms with Crippen molar-refractivity contribution < 1.29 is 23.2 Å². The second-order valence-corrected chi connectivity index (χ2v) is 8.60. The fraction of sp³-hybridized carbons (Fsp3) is 0.300. The van der Waals surface area contributed by atoms with Gasteiger partial charge in [-0.3, -0.25) is 14.2 Å². The minimum atomic E-state index is -3.33. The lowest BCUT2D eigenvalue weighted by Gasteiger charge is -2.17. The first kappa shape index (κ1) is 23.1. The van der Waals surface area contributed by atoms with Gasteiger partial charge in [0, 0.05) is 17.1 Å². The fourth-order valence-electron chi connectivity index (χ4n) is 2.55. The first-order valence-corrected chi connectivity index (χ1v) is 11.3. The zero-order valence-corrected chi connectivity index (χ0v) is 18.0. The lowest BCUT2D eigenvalue weighted by molar-refractivity contribution is -0.115. The number of hydrogen-bond donors (Lipinski definition) is 2. The van der Waals surface area contributed by atoms with Crippen LogP contribution in [0.1, 0.15) is 30.6 Å². The minimum Gasteiger partial charge on any atom is -0.325 e. The Balaban J connectivity index is 2.09. The van der Waals surface area contributed by atoms with E-state index in [-0.39, 0.29) is 37.0 Å². The van der Waals surface area contributed by atoms with Crippen LogP contribution in [0.4, 0.5) is 11.4 Å². The Labute approximate surface area is 175 Å². The van der Waals surface area contributed by atoms with E-state index < -0.39 is 19.4 Å². The predicted octanol–water partition coefficient (Wildman–Crippen LogP) is 5.19. The Kier molecular flexibility index (Phi) is 8.86. The fourth-order valence-corrected chi connectivity index (χ4v) is 4.32. The van der Waals surface area contributed by atoms with E-state index >= 15 is 0 Å². The first-order valence-electron chi connectivity index (χ1n) is 9.21. The van der Waals surface area contributed by atoms with E-state index in [1.165, 1.54) is 12.1 Å². The van der Waals surface area contributed by atoms with Crippen LogP contribution in [0.25, 0.3) is 0 Å². The number of amides is 2. The topological polar surface area (TPSA) is 93.7 Å². The highest BCUT2D eigenvalue weighted by molar-refractivity contribution is 7.53. The van der Waals surface area contributed by atoms with Gasteiger partial charge in [-0.25, -0.2) is 0 Å². The van der Waals surface area contributed by atoms with Crippen molar-refractivity contribution in [2.45, 2.75) is 20.3 Å². The molecular formula is C20H24ClN2O5P. The van der Waals surface area contributed by atoms with Gasteiger partial charge in [0.1, 0.15) is 0 Å². The molecule has 0 atom stereocenters. The Bertz CT molecular complexity index is 882. The lowest BCUT2D eigenvalue weighted by Crippen LogP contribution is -2.19. The third-order valence-electron chi connectivity index (χ3n) is 3.80. The number of nitrogens with one attached hydrogen (secondary N) is 2. The molecule has 7 nitrogen and oxygen atoms in total. The smallest absolute Gasteiger partial charge is 0.325 e. The molecule has 0 aliphatic carbocycles. The molecule has 0 saturated heterocycles. The summed E-state index contributed by atoms with van der Waals surface area (Å²) in [5, 5.41) is 5.79. The number of carbonyl (C=O) groups is 2. The van der Waals surface area contributed by atoms with E-state index in [2.05, 4.69) is 10.6 Å². The minimum absolute atomic E-state index is 0.0629. The number of hydrogen-bond acceptors (Lipinski definition) is 5. The van der Waals surface area contributed by atoms with Crippen molar-refractivity contribution in [1.82, 2.24) is 0 Å². The van der Waals surface area contributed by atoms with Crippen LogP contribution >= 0.6 is 19.2 Å². The third kappa shape index (κ3) is 7.29. The molecule has 0 spiro atoms. The summed E-state index contributed by atoms with van der Waals surface area (Å²) >= 11 is 6.03. The molecule has 2 rings (SSSR count). The van der Waals surface area contributed by atoms with Crippen LogP contribution in [0, 0.1) is 0 Å². The van der Waals surface area contributed by atoms with Crippen LogP contribution in [0.15, 0.2) is 48.5 Å². The summed E-state index contributed by atoms with van der Waals surface area (Å²) in [6, 6.07) is 13.5. The number of para-hydroxylation sites is 1. The number of rotatable bonds is 10. The molecule has 0 bridgehead atoms. The molecule has 2 aromatic carbocycles. The predicted molar refractivity (Wildman–Crippen MR) is 115 cm³/mol. The van der Waals surface area contributed by atoms with Gasteiger partial charge in [-0.15, -0.1) is 0 Å². The van der Waals surface area contributed by atoms with Gasteiger partial charge in [0.05, 0.1) is 30.6 Å². The highest BCUT2D eigenvalue weighted by atomic mass is 35.5. The molecule has 0 fully saturated rings. The molecular weight excluding hydrogens is 415 g/mol. The van der Waals surface area contributed by atoms with Crippen molar-refractivity contribution in [3.05, 3.63) is 59.1 Å². The summed E-state index contributed by atoms with van der Waals surface area (Å²) in [6.45, 7) is 3.85. The van der Waals surface area contributed by atoms with Gasteiger partial charge in [-0.2, -0.15) is 0 Å². The molecule has 0 heterocycles. The van der Waals surface area contributed by atoms with Gasteiger partial charge >= 0.3 is 7.60 Å². The normalized spacial score (nSPS) is 11.1. The third-order valence-corrected chi connectivity index (χ3v) is 6.11. The van der Waals surface area contributed by atoms with Crippen LogP contribution in [-0.2, 0) is 18.4 Å². The monoisotopic (exact) mass is 438 g/mol. The Morgan fingerprint density at radius 1 is 1.00 bits per heavy atom. The summed E-state index contributed by atoms with van der Waals surface area (Å²) in [5.74, 6) is -0.821. The summed E-state index contributed by atoms with van der Waals surface area (Å²) in [4.78, 5) is 25.0. The van der Waals surface area contributed by atoms with Crippen molar-refractivity contribution in [3.8, 4) is 0 Å². The van der Waals surface area contributed by atoms with Gasteiger partial charge in [0.25, 0.3) is 5.91 Å². The van der Waals surface area contributed by atoms with Crippen molar-refractivity contribution >= 4 is 42.4 Å². The maximum Gasteiger partial charge on any atom is 0.331 e. The quantitative estimate of drug-likeness (QED) is 0.498. The highest BCUT2D eigenvalue weighted by Crippen LogP contribution is 2.48. The largest absolute Gasteiger partial charge is 0.331 e. The van der Waals surface area contributed by atoms with Gasteiger partial charge in [-0.1, -0.05) is 29.8 Å². The summed E-state index contributed by atoms with van der Waals surface area (Å²) in [7, 11) is -3.33. The molecule has 9 heteroatoms. The van der Waals surface area contributed by atoms with Crippen LogP contribution in [0.5, 0.6) is 0 Å². The maximum atomic E-state index is 12.6. The number of carbonyl (C=O) groups excluding carboxylic acids is 2. The van der Waals surface area contributed by atoms with Crippen molar-refractivity contribution in [2.75, 3.05) is 30.0 Å². The Hall–Kier alpha value is -2.18. The molecule has 2 amide bonds. The number of halogens is 1. The summed E-state index contributed by atoms with van der Waals surface area (Å²) in [5.41, 5.74) is 1.14. The molecule has 0 aromatic heterocycles. The second kappa shape index (κ2) is 11.1. The first-order chi connectivity index (χ1) is 13.9. The number of benzene rings is 2. The van der Waals surface area contributed by atoms with Crippen LogP contribution in [-0.4, -0.2) is 31.2 Å². The van der Waals surface area contributed by atoms with Crippen molar-refractivity contribution in [2.24, 2.45) is 0 Å². The molecule has 0 unspecified atom stereocenters. The highest BCUT2D eigenvalue weighted by Gasteiger charge is 2.25. The summed E-state index contributed by atoms with van der Waals surface area (Å²) < 4.78 is 22.9. The molecule has 0 aliphatic heterocycles. The van der Waals surface area contributed by atoms with E-state index in [9.17, 15) is 14.2 Å². The van der Waals surface area contributed by atoms with Crippen LogP contribution in [0.2, 0.25) is 5.02 Å². The van der Waals surface area contributed by atoms with E-state index in [0.717, 1.165) is 0 Å².